The summed E-state index contributed by atoms with van der Waals surface area (Å²) >= 11 is 0. The third-order valence-electron chi connectivity index (χ3n) is 6.81. The fourth-order valence-corrected chi connectivity index (χ4v) is 5.11. The lowest BCUT2D eigenvalue weighted by Gasteiger charge is -2.38. The number of aromatic carboxylic acids is 1. The van der Waals surface area contributed by atoms with Gasteiger partial charge < -0.3 is 19.9 Å². The van der Waals surface area contributed by atoms with Crippen molar-refractivity contribution in [3.05, 3.63) is 101 Å². The molecule has 0 radical (unpaired) electrons. The Morgan fingerprint density at radius 2 is 1.91 bits per heavy atom. The number of benzene rings is 3. The fraction of sp³-hybridized carbons (Fsp3) is 0.250. The minimum absolute atomic E-state index is 0.0392. The highest BCUT2D eigenvalue weighted by Crippen LogP contribution is 2.51. The van der Waals surface area contributed by atoms with Crippen LogP contribution in [0.2, 0.25) is 0 Å². The van der Waals surface area contributed by atoms with Gasteiger partial charge in [0, 0.05) is 11.6 Å². The minimum atomic E-state index is -0.903. The normalized spacial score (nSPS) is 20.5. The molecule has 168 valence electrons. The van der Waals surface area contributed by atoms with Gasteiger partial charge in [0.25, 0.3) is 0 Å². The van der Waals surface area contributed by atoms with Gasteiger partial charge in [-0.1, -0.05) is 54.6 Å². The molecule has 2 aliphatic rings. The van der Waals surface area contributed by atoms with Crippen LogP contribution in [0.25, 0.3) is 0 Å². The number of carboxylic acids is 1. The summed E-state index contributed by atoms with van der Waals surface area (Å²) in [6.07, 6.45) is 5.45. The molecular formula is C28H27NO4. The van der Waals surface area contributed by atoms with E-state index in [0.29, 0.717) is 29.6 Å². The van der Waals surface area contributed by atoms with Gasteiger partial charge in [0.2, 0.25) is 0 Å². The average Bonchev–Trinajstić information content (AvgIpc) is 3.33. The van der Waals surface area contributed by atoms with Crippen LogP contribution in [0.1, 0.15) is 51.0 Å². The Hall–Kier alpha value is -3.73. The van der Waals surface area contributed by atoms with Crippen LogP contribution >= 0.6 is 0 Å². The van der Waals surface area contributed by atoms with Gasteiger partial charge in [0.05, 0.1) is 18.7 Å². The Bertz CT molecular complexity index is 1220. The number of fused-ring (bicyclic) bond motifs is 3. The second kappa shape index (κ2) is 8.66. The van der Waals surface area contributed by atoms with Crippen LogP contribution in [0.3, 0.4) is 0 Å². The van der Waals surface area contributed by atoms with E-state index < -0.39 is 5.97 Å². The van der Waals surface area contributed by atoms with Gasteiger partial charge in [0.1, 0.15) is 6.61 Å². The third-order valence-corrected chi connectivity index (χ3v) is 6.81. The lowest BCUT2D eigenvalue weighted by atomic mass is 9.76. The molecule has 1 heterocycles. The lowest BCUT2D eigenvalue weighted by molar-refractivity contribution is 0.0696. The number of hydrogen-bond donors (Lipinski definition) is 2. The number of hydrogen-bond acceptors (Lipinski definition) is 4. The van der Waals surface area contributed by atoms with Crippen LogP contribution in [0, 0.1) is 12.8 Å². The van der Waals surface area contributed by atoms with Gasteiger partial charge in [-0.15, -0.1) is 0 Å². The van der Waals surface area contributed by atoms with Crippen molar-refractivity contribution in [2.75, 3.05) is 12.4 Å². The summed E-state index contributed by atoms with van der Waals surface area (Å²) in [6.45, 7) is 2.35. The van der Waals surface area contributed by atoms with Gasteiger partial charge >= 0.3 is 5.97 Å². The maximum absolute atomic E-state index is 11.7. The number of rotatable bonds is 6. The Morgan fingerprint density at radius 3 is 2.67 bits per heavy atom. The number of carbonyl (C=O) groups is 1. The van der Waals surface area contributed by atoms with Crippen LogP contribution in [-0.2, 0) is 6.61 Å². The Balaban J connectivity index is 1.46. The Morgan fingerprint density at radius 1 is 1.09 bits per heavy atom. The first-order valence-electron chi connectivity index (χ1n) is 11.2. The minimum Gasteiger partial charge on any atom is -0.493 e. The molecule has 5 heteroatoms. The standard InChI is InChI=1S/C28H27NO4/c1-17-20(28(30)31)12-13-23-21-9-6-10-22(21)27(29-26(17)23)19-11-14-24(25(15-19)32-2)33-16-18-7-4-3-5-8-18/h3-9,11-15,21-22,27,29H,10,16H2,1-2H3,(H,30,31)/t21-,22+,27+/m1/s1. The quantitative estimate of drug-likeness (QED) is 0.452. The molecular weight excluding hydrogens is 414 g/mol. The van der Waals surface area contributed by atoms with Crippen LogP contribution in [0.4, 0.5) is 5.69 Å². The van der Waals surface area contributed by atoms with Crippen LogP contribution < -0.4 is 14.8 Å². The Kier molecular flexibility index (Phi) is 5.55. The molecule has 3 aromatic carbocycles. The number of carboxylic acid groups (broad SMARTS) is 1. The smallest absolute Gasteiger partial charge is 0.336 e. The van der Waals surface area contributed by atoms with Gasteiger partial charge in [-0.3, -0.25) is 0 Å². The molecule has 1 aliphatic heterocycles. The zero-order valence-corrected chi connectivity index (χ0v) is 18.7. The predicted octanol–water partition coefficient (Wildman–Crippen LogP) is 6.11. The maximum Gasteiger partial charge on any atom is 0.336 e. The average molecular weight is 442 g/mol. The molecule has 0 bridgehead atoms. The van der Waals surface area contributed by atoms with Crippen molar-refractivity contribution in [1.82, 2.24) is 0 Å². The topological polar surface area (TPSA) is 67.8 Å². The Labute approximate surface area is 193 Å². The fourth-order valence-electron chi connectivity index (χ4n) is 5.11. The van der Waals surface area contributed by atoms with E-state index in [-0.39, 0.29) is 12.0 Å². The zero-order chi connectivity index (χ0) is 22.9. The summed E-state index contributed by atoms with van der Waals surface area (Å²) in [5.74, 6) is 1.10. The van der Waals surface area contributed by atoms with Crippen molar-refractivity contribution >= 4 is 11.7 Å². The molecule has 0 saturated heterocycles. The molecule has 1 aliphatic carbocycles. The van der Waals surface area contributed by atoms with Gasteiger partial charge in [-0.2, -0.15) is 0 Å². The van der Waals surface area contributed by atoms with Gasteiger partial charge in [0.15, 0.2) is 11.5 Å². The molecule has 0 saturated carbocycles. The predicted molar refractivity (Wildman–Crippen MR) is 128 cm³/mol. The molecule has 33 heavy (non-hydrogen) atoms. The van der Waals surface area contributed by atoms with E-state index in [4.69, 9.17) is 9.47 Å². The monoisotopic (exact) mass is 441 g/mol. The number of ether oxygens (including phenoxy) is 2. The molecule has 0 unspecified atom stereocenters. The molecule has 0 spiro atoms. The maximum atomic E-state index is 11.7. The molecule has 3 atom stereocenters. The van der Waals surface area contributed by atoms with E-state index >= 15 is 0 Å². The molecule has 5 nitrogen and oxygen atoms in total. The largest absolute Gasteiger partial charge is 0.493 e. The van der Waals surface area contributed by atoms with E-state index in [1.165, 1.54) is 5.56 Å². The van der Waals surface area contributed by atoms with Gasteiger partial charge in [-0.25, -0.2) is 4.79 Å². The number of nitrogens with one attached hydrogen (secondary N) is 1. The second-order valence-corrected chi connectivity index (χ2v) is 8.67. The van der Waals surface area contributed by atoms with Crippen molar-refractivity contribution in [3.8, 4) is 11.5 Å². The van der Waals surface area contributed by atoms with Crippen molar-refractivity contribution in [1.29, 1.82) is 0 Å². The number of allylic oxidation sites excluding steroid dienone is 2. The molecule has 0 aromatic heterocycles. The second-order valence-electron chi connectivity index (χ2n) is 8.67. The van der Waals surface area contributed by atoms with Crippen LogP contribution in [0.5, 0.6) is 11.5 Å². The zero-order valence-electron chi connectivity index (χ0n) is 18.7. The first-order valence-corrected chi connectivity index (χ1v) is 11.2. The van der Waals surface area contributed by atoms with E-state index in [9.17, 15) is 9.90 Å². The SMILES string of the molecule is COc1cc([C@@H]2Nc3c(ccc(C(=O)O)c3C)[C@@H]3C=CC[C@@H]32)ccc1OCc1ccccc1. The number of anilines is 1. The van der Waals surface area contributed by atoms with E-state index in [1.54, 1.807) is 13.2 Å². The summed E-state index contributed by atoms with van der Waals surface area (Å²) in [5.41, 5.74) is 5.40. The summed E-state index contributed by atoms with van der Waals surface area (Å²) in [5, 5.41) is 13.3. The van der Waals surface area contributed by atoms with E-state index in [2.05, 4.69) is 23.5 Å². The summed E-state index contributed by atoms with van der Waals surface area (Å²) in [4.78, 5) is 11.7. The van der Waals surface area contributed by atoms with Crippen molar-refractivity contribution in [3.63, 3.8) is 0 Å². The lowest BCUT2D eigenvalue weighted by Crippen LogP contribution is -2.30. The van der Waals surface area contributed by atoms with Crippen LogP contribution in [0.15, 0.2) is 72.8 Å². The summed E-state index contributed by atoms with van der Waals surface area (Å²) in [6, 6.07) is 19.9. The van der Waals surface area contributed by atoms with Crippen molar-refractivity contribution < 1.29 is 19.4 Å². The van der Waals surface area contributed by atoms with E-state index in [1.807, 2.05) is 55.5 Å². The molecule has 0 fully saturated rings. The van der Waals surface area contributed by atoms with Crippen molar-refractivity contribution in [2.24, 2.45) is 5.92 Å². The summed E-state index contributed by atoms with van der Waals surface area (Å²) in [7, 11) is 1.65. The molecule has 3 aromatic rings. The highest BCUT2D eigenvalue weighted by atomic mass is 16.5. The van der Waals surface area contributed by atoms with Crippen LogP contribution in [-0.4, -0.2) is 18.2 Å². The number of methoxy groups -OCH3 is 1. The first kappa shape index (κ1) is 21.1. The van der Waals surface area contributed by atoms with Gasteiger partial charge in [-0.05, 0) is 59.7 Å². The van der Waals surface area contributed by atoms with E-state index in [0.717, 1.165) is 28.8 Å². The molecule has 5 rings (SSSR count). The summed E-state index contributed by atoms with van der Waals surface area (Å²) < 4.78 is 11.7. The molecule has 2 N–H and O–H groups in total. The van der Waals surface area contributed by atoms with Crippen molar-refractivity contribution in [2.45, 2.75) is 31.9 Å². The highest BCUT2D eigenvalue weighted by molar-refractivity contribution is 5.92. The first-order chi connectivity index (χ1) is 16.1. The third kappa shape index (κ3) is 3.84. The highest BCUT2D eigenvalue weighted by Gasteiger charge is 2.39. The molecule has 0 amide bonds.